The normalized spacial score (nSPS) is 11.4. The molecule has 47 heavy (non-hydrogen) atoms. The molecule has 0 saturated heterocycles. The summed E-state index contributed by atoms with van der Waals surface area (Å²) in [5.74, 6) is 2.66. The third-order valence-corrected chi connectivity index (χ3v) is 9.55. The minimum absolute atomic E-state index is 0.641. The van der Waals surface area contributed by atoms with E-state index >= 15 is 0 Å². The van der Waals surface area contributed by atoms with Gasteiger partial charge in [0.2, 0.25) is 0 Å². The van der Waals surface area contributed by atoms with Crippen LogP contribution in [0.4, 0.5) is 0 Å². The predicted molar refractivity (Wildman–Crippen MR) is 193 cm³/mol. The van der Waals surface area contributed by atoms with E-state index in [-0.39, 0.29) is 0 Å². The van der Waals surface area contributed by atoms with Crippen molar-refractivity contribution in [3.05, 3.63) is 152 Å². The van der Waals surface area contributed by atoms with E-state index in [9.17, 15) is 0 Å². The van der Waals surface area contributed by atoms with E-state index in [1.807, 2.05) is 91.0 Å². The smallest absolute Gasteiger partial charge is 0.164 e. The quantitative estimate of drug-likeness (QED) is 0.192. The summed E-state index contributed by atoms with van der Waals surface area (Å²) < 4.78 is 2.30. The van der Waals surface area contributed by atoms with Crippen LogP contribution in [0.15, 0.2) is 152 Å². The summed E-state index contributed by atoms with van der Waals surface area (Å²) in [6.07, 6.45) is 0. The molecular formula is C41H25N5S. The fourth-order valence-electron chi connectivity index (χ4n) is 6.06. The molecule has 0 amide bonds. The zero-order chi connectivity index (χ0) is 31.2. The van der Waals surface area contributed by atoms with Crippen molar-refractivity contribution in [1.29, 1.82) is 0 Å². The summed E-state index contributed by atoms with van der Waals surface area (Å²) in [6.45, 7) is 0. The lowest BCUT2D eigenvalue weighted by Crippen LogP contribution is -1.99. The Bertz CT molecular complexity index is 2510. The van der Waals surface area contributed by atoms with Gasteiger partial charge in [-0.3, -0.25) is 0 Å². The second kappa shape index (κ2) is 11.4. The van der Waals surface area contributed by atoms with E-state index in [1.165, 1.54) is 10.8 Å². The predicted octanol–water partition coefficient (Wildman–Crippen LogP) is 10.5. The van der Waals surface area contributed by atoms with Gasteiger partial charge in [0, 0.05) is 53.4 Å². The lowest BCUT2D eigenvalue weighted by Gasteiger charge is -2.10. The van der Waals surface area contributed by atoms with Gasteiger partial charge < -0.3 is 0 Å². The zero-order valence-electron chi connectivity index (χ0n) is 25.1. The summed E-state index contributed by atoms with van der Waals surface area (Å²) in [7, 11) is 0. The second-order valence-corrected chi connectivity index (χ2v) is 12.4. The Morgan fingerprint density at radius 3 is 1.62 bits per heavy atom. The first-order valence-corrected chi connectivity index (χ1v) is 16.3. The Hall–Kier alpha value is -6.11. The highest BCUT2D eigenvalue weighted by atomic mass is 32.1. The van der Waals surface area contributed by atoms with Crippen LogP contribution < -0.4 is 0 Å². The Morgan fingerprint density at radius 2 is 0.936 bits per heavy atom. The molecule has 3 heterocycles. The summed E-state index contributed by atoms with van der Waals surface area (Å²) in [5, 5.41) is 3.40. The summed E-state index contributed by atoms with van der Waals surface area (Å²) in [4.78, 5) is 25.0. The highest BCUT2D eigenvalue weighted by Gasteiger charge is 2.17. The van der Waals surface area contributed by atoms with E-state index in [2.05, 4.69) is 60.7 Å². The van der Waals surface area contributed by atoms with Crippen LogP contribution in [-0.2, 0) is 0 Å². The molecule has 0 atom stereocenters. The lowest BCUT2D eigenvalue weighted by molar-refractivity contribution is 1.07. The molecular weight excluding hydrogens is 595 g/mol. The molecule has 0 unspecified atom stereocenters. The fraction of sp³-hybridized carbons (Fsp3) is 0. The number of para-hydroxylation sites is 1. The lowest BCUT2D eigenvalue weighted by atomic mass is 10.0. The van der Waals surface area contributed by atoms with Crippen LogP contribution >= 0.6 is 11.3 Å². The molecule has 0 N–H and O–H groups in total. The SMILES string of the molecule is c1ccc(-c2nc(-c3ccccc3)nc(-c3ccc4c(c3)sc3c(-c5nc(-c6ccccc6)c6ccccc6n5)cccc34)n2)cc1. The van der Waals surface area contributed by atoms with Gasteiger partial charge in [-0.15, -0.1) is 11.3 Å². The minimum atomic E-state index is 0.641. The maximum atomic E-state index is 5.17. The van der Waals surface area contributed by atoms with E-state index in [4.69, 9.17) is 24.9 Å². The fourth-order valence-corrected chi connectivity index (χ4v) is 7.32. The molecule has 0 bridgehead atoms. The average Bonchev–Trinajstić information content (AvgIpc) is 3.53. The van der Waals surface area contributed by atoms with Crippen LogP contribution in [0.3, 0.4) is 0 Å². The molecule has 6 aromatic carbocycles. The van der Waals surface area contributed by atoms with E-state index < -0.39 is 0 Å². The zero-order valence-corrected chi connectivity index (χ0v) is 25.9. The number of nitrogens with zero attached hydrogens (tertiary/aromatic N) is 5. The number of fused-ring (bicyclic) bond motifs is 4. The largest absolute Gasteiger partial charge is 0.228 e. The van der Waals surface area contributed by atoms with E-state index in [0.29, 0.717) is 17.5 Å². The number of hydrogen-bond donors (Lipinski definition) is 0. The van der Waals surface area contributed by atoms with E-state index in [1.54, 1.807) is 11.3 Å². The topological polar surface area (TPSA) is 64.5 Å². The third-order valence-electron chi connectivity index (χ3n) is 8.35. The van der Waals surface area contributed by atoms with Gasteiger partial charge in [-0.2, -0.15) is 0 Å². The van der Waals surface area contributed by atoms with Gasteiger partial charge in [-0.1, -0.05) is 133 Å². The van der Waals surface area contributed by atoms with Gasteiger partial charge in [-0.05, 0) is 18.2 Å². The number of benzene rings is 6. The molecule has 0 fully saturated rings. The van der Waals surface area contributed by atoms with Gasteiger partial charge in [0.15, 0.2) is 23.3 Å². The number of aromatic nitrogens is 5. The maximum Gasteiger partial charge on any atom is 0.164 e. The first-order chi connectivity index (χ1) is 23.3. The Balaban J connectivity index is 1.21. The van der Waals surface area contributed by atoms with E-state index in [0.717, 1.165) is 59.6 Å². The molecule has 5 nitrogen and oxygen atoms in total. The van der Waals surface area contributed by atoms with Crippen LogP contribution in [0.25, 0.3) is 87.9 Å². The van der Waals surface area contributed by atoms with Crippen LogP contribution in [0.2, 0.25) is 0 Å². The maximum absolute atomic E-state index is 5.17. The monoisotopic (exact) mass is 619 g/mol. The highest BCUT2D eigenvalue weighted by Crippen LogP contribution is 2.41. The Morgan fingerprint density at radius 1 is 0.362 bits per heavy atom. The van der Waals surface area contributed by atoms with Crippen molar-refractivity contribution in [2.45, 2.75) is 0 Å². The number of rotatable bonds is 5. The molecule has 0 radical (unpaired) electrons. The number of hydrogen-bond acceptors (Lipinski definition) is 6. The van der Waals surface area contributed by atoms with Crippen LogP contribution in [0.5, 0.6) is 0 Å². The molecule has 0 aliphatic carbocycles. The van der Waals surface area contributed by atoms with Crippen molar-refractivity contribution >= 4 is 42.4 Å². The molecule has 0 aliphatic heterocycles. The first kappa shape index (κ1) is 27.2. The summed E-state index contributed by atoms with van der Waals surface area (Å²) in [6, 6.07) is 51.6. The van der Waals surface area contributed by atoms with Gasteiger partial charge in [0.05, 0.1) is 11.2 Å². The van der Waals surface area contributed by atoms with Crippen molar-refractivity contribution in [1.82, 2.24) is 24.9 Å². The van der Waals surface area contributed by atoms with Crippen molar-refractivity contribution in [2.75, 3.05) is 0 Å². The van der Waals surface area contributed by atoms with Crippen molar-refractivity contribution in [3.8, 4) is 56.8 Å². The van der Waals surface area contributed by atoms with Crippen molar-refractivity contribution in [3.63, 3.8) is 0 Å². The molecule has 0 saturated carbocycles. The van der Waals surface area contributed by atoms with Crippen LogP contribution in [0, 0.1) is 0 Å². The summed E-state index contributed by atoms with van der Waals surface area (Å²) >= 11 is 1.75. The first-order valence-electron chi connectivity index (χ1n) is 15.4. The van der Waals surface area contributed by atoms with Gasteiger partial charge in [0.1, 0.15) is 0 Å². The molecule has 0 spiro atoms. The standard InChI is InChI=1S/C41H25N5S/c1-4-13-26(14-5-1)36-32-19-10-11-22-34(32)42-41(43-36)33-21-12-20-31-30-24-23-29(25-35(30)47-37(31)33)40-45-38(27-15-6-2-7-16-27)44-39(46-40)28-17-8-3-9-18-28/h1-25H. The molecule has 3 aromatic heterocycles. The van der Waals surface area contributed by atoms with Crippen molar-refractivity contribution in [2.24, 2.45) is 0 Å². The number of thiophene rings is 1. The highest BCUT2D eigenvalue weighted by molar-refractivity contribution is 7.26. The molecule has 9 rings (SSSR count). The Kier molecular flexibility index (Phi) is 6.58. The Labute approximate surface area is 275 Å². The summed E-state index contributed by atoms with van der Waals surface area (Å²) in [5.41, 5.74) is 6.79. The average molecular weight is 620 g/mol. The van der Waals surface area contributed by atoms with Crippen LogP contribution in [0.1, 0.15) is 0 Å². The molecule has 0 aliphatic rings. The third kappa shape index (κ3) is 4.92. The second-order valence-electron chi connectivity index (χ2n) is 11.3. The van der Waals surface area contributed by atoms with Gasteiger partial charge >= 0.3 is 0 Å². The van der Waals surface area contributed by atoms with Gasteiger partial charge in [0.25, 0.3) is 0 Å². The molecule has 6 heteroatoms. The van der Waals surface area contributed by atoms with Crippen molar-refractivity contribution < 1.29 is 0 Å². The van der Waals surface area contributed by atoms with Gasteiger partial charge in [-0.25, -0.2) is 24.9 Å². The molecule has 220 valence electrons. The minimum Gasteiger partial charge on any atom is -0.228 e. The molecule has 9 aromatic rings. The van der Waals surface area contributed by atoms with Crippen LogP contribution in [-0.4, -0.2) is 24.9 Å².